The van der Waals surface area contributed by atoms with Crippen molar-refractivity contribution in [1.82, 2.24) is 16.2 Å². The maximum absolute atomic E-state index is 12.3. The first-order valence-electron chi connectivity index (χ1n) is 10.3. The van der Waals surface area contributed by atoms with Crippen LogP contribution >= 0.6 is 12.2 Å². The van der Waals surface area contributed by atoms with Gasteiger partial charge in [0.2, 0.25) is 0 Å². The van der Waals surface area contributed by atoms with E-state index < -0.39 is 5.91 Å². The lowest BCUT2D eigenvalue weighted by molar-refractivity contribution is 0.0934. The minimum absolute atomic E-state index is 0.0214. The molecule has 166 valence electrons. The topological polar surface area (TPSA) is 88.7 Å². The van der Waals surface area contributed by atoms with Gasteiger partial charge in [-0.15, -0.1) is 0 Å². The maximum atomic E-state index is 12.3. The highest BCUT2D eigenvalue weighted by Gasteiger charge is 2.11. The van der Waals surface area contributed by atoms with Crippen molar-refractivity contribution >= 4 is 29.1 Å². The molecule has 31 heavy (non-hydrogen) atoms. The first kappa shape index (κ1) is 24.1. The molecule has 2 amide bonds. The van der Waals surface area contributed by atoms with Crippen LogP contribution < -0.4 is 25.6 Å². The number of hydrogen-bond donors (Lipinski definition) is 3. The number of amides is 2. The van der Waals surface area contributed by atoms with E-state index in [1.54, 1.807) is 48.5 Å². The zero-order valence-electron chi connectivity index (χ0n) is 18.1. The van der Waals surface area contributed by atoms with E-state index in [2.05, 4.69) is 30.0 Å². The Hall–Kier alpha value is -3.13. The van der Waals surface area contributed by atoms with Crippen LogP contribution in [0.15, 0.2) is 48.5 Å². The predicted octanol–water partition coefficient (Wildman–Crippen LogP) is 3.85. The average Bonchev–Trinajstić information content (AvgIpc) is 2.76. The first-order valence-corrected chi connectivity index (χ1v) is 10.7. The lowest BCUT2D eigenvalue weighted by Gasteiger charge is -2.12. The SMILES string of the molecule is CCCOc1cccc(C(=O)NC(=S)NNC(=O)c2ccc(OCCC(C)C)cc2)c1. The summed E-state index contributed by atoms with van der Waals surface area (Å²) in [6.07, 6.45) is 1.84. The summed E-state index contributed by atoms with van der Waals surface area (Å²) in [7, 11) is 0. The van der Waals surface area contributed by atoms with E-state index in [1.807, 2.05) is 6.92 Å². The van der Waals surface area contributed by atoms with Crippen molar-refractivity contribution in [3.63, 3.8) is 0 Å². The fourth-order valence-electron chi connectivity index (χ4n) is 2.45. The summed E-state index contributed by atoms with van der Waals surface area (Å²) in [5, 5.41) is 2.50. The van der Waals surface area contributed by atoms with Crippen molar-refractivity contribution in [2.75, 3.05) is 13.2 Å². The second kappa shape index (κ2) is 12.5. The van der Waals surface area contributed by atoms with Gasteiger partial charge in [-0.3, -0.25) is 25.8 Å². The van der Waals surface area contributed by atoms with E-state index in [9.17, 15) is 9.59 Å². The van der Waals surface area contributed by atoms with E-state index in [0.717, 1.165) is 12.8 Å². The Balaban J connectivity index is 1.80. The molecule has 0 aromatic heterocycles. The molecule has 2 aromatic carbocycles. The first-order chi connectivity index (χ1) is 14.9. The number of carbonyl (C=O) groups excluding carboxylic acids is 2. The highest BCUT2D eigenvalue weighted by molar-refractivity contribution is 7.80. The van der Waals surface area contributed by atoms with Gasteiger partial charge in [0.1, 0.15) is 11.5 Å². The quantitative estimate of drug-likeness (QED) is 0.403. The second-order valence-electron chi connectivity index (χ2n) is 7.29. The fourth-order valence-corrected chi connectivity index (χ4v) is 2.60. The second-order valence-corrected chi connectivity index (χ2v) is 7.70. The van der Waals surface area contributed by atoms with E-state index in [-0.39, 0.29) is 11.0 Å². The lowest BCUT2D eigenvalue weighted by atomic mass is 10.1. The van der Waals surface area contributed by atoms with Crippen molar-refractivity contribution in [3.05, 3.63) is 59.7 Å². The van der Waals surface area contributed by atoms with Gasteiger partial charge in [-0.25, -0.2) is 0 Å². The van der Waals surface area contributed by atoms with Gasteiger partial charge in [0, 0.05) is 11.1 Å². The zero-order chi connectivity index (χ0) is 22.6. The highest BCUT2D eigenvalue weighted by atomic mass is 32.1. The zero-order valence-corrected chi connectivity index (χ0v) is 18.9. The molecule has 0 atom stereocenters. The smallest absolute Gasteiger partial charge is 0.269 e. The molecule has 0 saturated heterocycles. The largest absolute Gasteiger partial charge is 0.494 e. The molecule has 0 saturated carbocycles. The van der Waals surface area contributed by atoms with Crippen LogP contribution in [0.4, 0.5) is 0 Å². The number of thiocarbonyl (C=S) groups is 1. The van der Waals surface area contributed by atoms with Gasteiger partial charge in [-0.2, -0.15) is 0 Å². The molecular weight excluding hydrogens is 414 g/mol. The fraction of sp³-hybridized carbons (Fsp3) is 0.348. The number of nitrogens with one attached hydrogen (secondary N) is 3. The number of hydrogen-bond acceptors (Lipinski definition) is 5. The lowest BCUT2D eigenvalue weighted by Crippen LogP contribution is -2.48. The molecule has 0 spiro atoms. The van der Waals surface area contributed by atoms with Gasteiger partial charge >= 0.3 is 0 Å². The number of ether oxygens (including phenoxy) is 2. The molecular formula is C23H29N3O4S. The molecule has 0 aliphatic carbocycles. The Kier molecular flexibility index (Phi) is 9.77. The predicted molar refractivity (Wildman–Crippen MR) is 124 cm³/mol. The van der Waals surface area contributed by atoms with Gasteiger partial charge in [-0.1, -0.05) is 26.8 Å². The van der Waals surface area contributed by atoms with E-state index in [0.29, 0.717) is 41.8 Å². The summed E-state index contributed by atoms with van der Waals surface area (Å²) in [4.78, 5) is 24.6. The van der Waals surface area contributed by atoms with E-state index in [4.69, 9.17) is 21.7 Å². The Bertz CT molecular complexity index is 885. The molecule has 0 aliphatic heterocycles. The molecule has 0 radical (unpaired) electrons. The monoisotopic (exact) mass is 443 g/mol. The molecule has 0 heterocycles. The number of benzene rings is 2. The molecule has 8 heteroatoms. The maximum Gasteiger partial charge on any atom is 0.269 e. The average molecular weight is 444 g/mol. The van der Waals surface area contributed by atoms with Crippen LogP contribution in [-0.2, 0) is 0 Å². The summed E-state index contributed by atoms with van der Waals surface area (Å²) in [5.41, 5.74) is 5.82. The third-order valence-corrected chi connectivity index (χ3v) is 4.37. The third kappa shape index (κ3) is 8.64. The van der Waals surface area contributed by atoms with Crippen molar-refractivity contribution in [2.24, 2.45) is 5.92 Å². The molecule has 2 rings (SSSR count). The van der Waals surface area contributed by atoms with Crippen LogP contribution in [0.2, 0.25) is 0 Å². The van der Waals surface area contributed by atoms with Crippen molar-refractivity contribution in [3.8, 4) is 11.5 Å². The minimum Gasteiger partial charge on any atom is -0.494 e. The van der Waals surface area contributed by atoms with Crippen molar-refractivity contribution < 1.29 is 19.1 Å². The van der Waals surface area contributed by atoms with Crippen LogP contribution in [0.25, 0.3) is 0 Å². The molecule has 0 unspecified atom stereocenters. The number of carbonyl (C=O) groups is 2. The molecule has 0 bridgehead atoms. The summed E-state index contributed by atoms with van der Waals surface area (Å²) in [6, 6.07) is 13.6. The van der Waals surface area contributed by atoms with Crippen molar-refractivity contribution in [2.45, 2.75) is 33.6 Å². The Morgan fingerprint density at radius 1 is 0.903 bits per heavy atom. The summed E-state index contributed by atoms with van der Waals surface area (Å²) in [6.45, 7) is 7.48. The Morgan fingerprint density at radius 2 is 1.61 bits per heavy atom. The van der Waals surface area contributed by atoms with Crippen LogP contribution in [0.1, 0.15) is 54.3 Å². The molecule has 0 aliphatic rings. The van der Waals surface area contributed by atoms with Gasteiger partial charge in [-0.05, 0) is 73.4 Å². The number of hydrazine groups is 1. The van der Waals surface area contributed by atoms with Crippen LogP contribution in [-0.4, -0.2) is 30.1 Å². The minimum atomic E-state index is -0.406. The van der Waals surface area contributed by atoms with Gasteiger partial charge in [0.25, 0.3) is 11.8 Å². The molecule has 3 N–H and O–H groups in total. The van der Waals surface area contributed by atoms with Gasteiger partial charge in [0.05, 0.1) is 13.2 Å². The van der Waals surface area contributed by atoms with Crippen LogP contribution in [0.5, 0.6) is 11.5 Å². The third-order valence-electron chi connectivity index (χ3n) is 4.17. The summed E-state index contributed by atoms with van der Waals surface area (Å²) in [5.74, 6) is 1.09. The summed E-state index contributed by atoms with van der Waals surface area (Å²) < 4.78 is 11.2. The van der Waals surface area contributed by atoms with Crippen LogP contribution in [0.3, 0.4) is 0 Å². The summed E-state index contributed by atoms with van der Waals surface area (Å²) >= 11 is 5.08. The standard InChI is InChI=1S/C23H29N3O4S/c1-4-13-29-20-7-5-6-18(15-20)21(27)24-23(31)26-25-22(28)17-8-10-19(11-9-17)30-14-12-16(2)3/h5-11,15-16H,4,12-14H2,1-3H3,(H,25,28)(H2,24,26,27,31). The Labute approximate surface area is 188 Å². The van der Waals surface area contributed by atoms with Gasteiger partial charge in [0.15, 0.2) is 5.11 Å². The van der Waals surface area contributed by atoms with Crippen LogP contribution in [0, 0.1) is 5.92 Å². The molecule has 2 aromatic rings. The normalized spacial score (nSPS) is 10.3. The number of rotatable bonds is 9. The molecule has 7 nitrogen and oxygen atoms in total. The van der Waals surface area contributed by atoms with E-state index >= 15 is 0 Å². The van der Waals surface area contributed by atoms with E-state index in [1.165, 1.54) is 0 Å². The van der Waals surface area contributed by atoms with Gasteiger partial charge < -0.3 is 9.47 Å². The van der Waals surface area contributed by atoms with Crippen molar-refractivity contribution in [1.29, 1.82) is 0 Å². The molecule has 0 fully saturated rings. The highest BCUT2D eigenvalue weighted by Crippen LogP contribution is 2.14. The Morgan fingerprint density at radius 3 is 2.29 bits per heavy atom.